The number of morpholine rings is 1. The fourth-order valence-electron chi connectivity index (χ4n) is 3.52. The van der Waals surface area contributed by atoms with E-state index in [9.17, 15) is 4.79 Å². The van der Waals surface area contributed by atoms with Gasteiger partial charge in [-0.15, -0.1) is 10.2 Å². The van der Waals surface area contributed by atoms with Gasteiger partial charge in [0.25, 0.3) is 0 Å². The molecule has 7 heteroatoms. The summed E-state index contributed by atoms with van der Waals surface area (Å²) < 4.78 is 5.37. The van der Waals surface area contributed by atoms with Crippen molar-refractivity contribution in [3.63, 3.8) is 0 Å². The second kappa shape index (κ2) is 6.93. The Morgan fingerprint density at radius 2 is 1.50 bits per heavy atom. The van der Waals surface area contributed by atoms with Gasteiger partial charge in [-0.3, -0.25) is 4.79 Å². The molecule has 1 aliphatic carbocycles. The summed E-state index contributed by atoms with van der Waals surface area (Å²) in [6.07, 6.45) is 3.36. The minimum Gasteiger partial charge on any atom is -0.378 e. The van der Waals surface area contributed by atoms with E-state index < -0.39 is 0 Å². The van der Waals surface area contributed by atoms with Gasteiger partial charge in [0.05, 0.1) is 13.2 Å². The minimum absolute atomic E-state index is 0.296. The number of aromatic nitrogens is 2. The Hall–Kier alpha value is -1.89. The van der Waals surface area contributed by atoms with Gasteiger partial charge in [-0.05, 0) is 25.0 Å². The van der Waals surface area contributed by atoms with Gasteiger partial charge in [0, 0.05) is 45.2 Å². The molecule has 3 aliphatic rings. The number of anilines is 2. The summed E-state index contributed by atoms with van der Waals surface area (Å²) >= 11 is 0. The van der Waals surface area contributed by atoms with Gasteiger partial charge in [-0.25, -0.2) is 0 Å². The first-order valence-electron chi connectivity index (χ1n) is 9.01. The molecule has 0 aromatic carbocycles. The minimum atomic E-state index is 0.296. The first-order chi connectivity index (χ1) is 11.8. The van der Waals surface area contributed by atoms with Gasteiger partial charge < -0.3 is 19.4 Å². The van der Waals surface area contributed by atoms with Gasteiger partial charge in [-0.1, -0.05) is 6.42 Å². The van der Waals surface area contributed by atoms with E-state index in [1.54, 1.807) is 0 Å². The molecule has 24 heavy (non-hydrogen) atoms. The van der Waals surface area contributed by atoms with E-state index in [4.69, 9.17) is 4.74 Å². The number of amides is 1. The summed E-state index contributed by atoms with van der Waals surface area (Å²) in [5, 5.41) is 8.78. The molecule has 0 radical (unpaired) electrons. The SMILES string of the molecule is O=C(C1CCC1)N1CCN(c2ccc(N3CCOCC3)nn2)CC1. The topological polar surface area (TPSA) is 61.8 Å². The maximum absolute atomic E-state index is 12.3. The zero-order valence-corrected chi connectivity index (χ0v) is 14.1. The molecule has 2 saturated heterocycles. The van der Waals surface area contributed by atoms with Gasteiger partial charge in [0.1, 0.15) is 0 Å². The normalized spacial score (nSPS) is 22.4. The number of piperazine rings is 1. The molecule has 1 saturated carbocycles. The van der Waals surface area contributed by atoms with E-state index in [0.717, 1.165) is 77.0 Å². The second-order valence-corrected chi connectivity index (χ2v) is 6.79. The van der Waals surface area contributed by atoms with E-state index in [2.05, 4.69) is 20.0 Å². The van der Waals surface area contributed by atoms with Crippen LogP contribution in [0.2, 0.25) is 0 Å². The molecular formula is C17H25N5O2. The molecule has 3 heterocycles. The number of hydrogen-bond acceptors (Lipinski definition) is 6. The average molecular weight is 331 g/mol. The molecule has 0 bridgehead atoms. The second-order valence-electron chi connectivity index (χ2n) is 6.79. The lowest BCUT2D eigenvalue weighted by molar-refractivity contribution is -0.138. The van der Waals surface area contributed by atoms with Crippen molar-refractivity contribution >= 4 is 17.5 Å². The van der Waals surface area contributed by atoms with Crippen LogP contribution in [0, 0.1) is 5.92 Å². The third-order valence-electron chi connectivity index (χ3n) is 5.34. The van der Waals surface area contributed by atoms with Crippen LogP contribution in [0.1, 0.15) is 19.3 Å². The Labute approximate surface area is 142 Å². The lowest BCUT2D eigenvalue weighted by Crippen LogP contribution is -2.51. The van der Waals surface area contributed by atoms with Crippen molar-refractivity contribution in [3.05, 3.63) is 12.1 Å². The van der Waals surface area contributed by atoms with Gasteiger partial charge in [0.2, 0.25) is 5.91 Å². The van der Waals surface area contributed by atoms with E-state index in [1.165, 1.54) is 6.42 Å². The van der Waals surface area contributed by atoms with Gasteiger partial charge in [0.15, 0.2) is 11.6 Å². The molecule has 1 amide bonds. The molecule has 0 unspecified atom stereocenters. The largest absolute Gasteiger partial charge is 0.378 e. The molecule has 130 valence electrons. The van der Waals surface area contributed by atoms with Crippen molar-refractivity contribution in [2.45, 2.75) is 19.3 Å². The highest BCUT2D eigenvalue weighted by Crippen LogP contribution is 2.28. The summed E-state index contributed by atoms with van der Waals surface area (Å²) in [4.78, 5) is 18.8. The quantitative estimate of drug-likeness (QED) is 0.815. The Morgan fingerprint density at radius 3 is 2.00 bits per heavy atom. The number of rotatable bonds is 3. The van der Waals surface area contributed by atoms with Crippen LogP contribution in [0.4, 0.5) is 11.6 Å². The van der Waals surface area contributed by atoms with Crippen LogP contribution in [-0.4, -0.2) is 73.5 Å². The maximum atomic E-state index is 12.3. The van der Waals surface area contributed by atoms with Crippen molar-refractivity contribution in [2.75, 3.05) is 62.3 Å². The van der Waals surface area contributed by atoms with Crippen molar-refractivity contribution in [1.82, 2.24) is 15.1 Å². The van der Waals surface area contributed by atoms with Crippen LogP contribution in [0.15, 0.2) is 12.1 Å². The molecule has 2 aliphatic heterocycles. The van der Waals surface area contributed by atoms with Crippen LogP contribution >= 0.6 is 0 Å². The Balaban J connectivity index is 1.32. The summed E-state index contributed by atoms with van der Waals surface area (Å²) in [6.45, 7) is 6.51. The molecule has 1 aromatic rings. The summed E-state index contributed by atoms with van der Waals surface area (Å²) in [6, 6.07) is 4.08. The predicted molar refractivity (Wildman–Crippen MR) is 91.2 cm³/mol. The molecule has 1 aromatic heterocycles. The van der Waals surface area contributed by atoms with Gasteiger partial charge >= 0.3 is 0 Å². The first kappa shape index (κ1) is 15.6. The van der Waals surface area contributed by atoms with Crippen LogP contribution in [0.25, 0.3) is 0 Å². The van der Waals surface area contributed by atoms with E-state index in [1.807, 2.05) is 17.0 Å². The Morgan fingerprint density at radius 1 is 0.917 bits per heavy atom. The van der Waals surface area contributed by atoms with E-state index in [0.29, 0.717) is 11.8 Å². The molecule has 7 nitrogen and oxygen atoms in total. The molecule has 0 spiro atoms. The number of ether oxygens (including phenoxy) is 1. The van der Waals surface area contributed by atoms with Crippen molar-refractivity contribution < 1.29 is 9.53 Å². The standard InChI is InChI=1S/C17H25N5O2/c23-17(14-2-1-3-14)22-8-6-20(7-9-22)15-4-5-16(19-18-15)21-10-12-24-13-11-21/h4-5,14H,1-3,6-13H2. The predicted octanol–water partition coefficient (Wildman–Crippen LogP) is 0.762. The van der Waals surface area contributed by atoms with Crippen LogP contribution in [-0.2, 0) is 9.53 Å². The van der Waals surface area contributed by atoms with E-state index >= 15 is 0 Å². The van der Waals surface area contributed by atoms with Crippen molar-refractivity contribution in [3.8, 4) is 0 Å². The van der Waals surface area contributed by atoms with Crippen molar-refractivity contribution in [1.29, 1.82) is 0 Å². The average Bonchev–Trinajstić information content (AvgIpc) is 2.61. The third kappa shape index (κ3) is 3.17. The van der Waals surface area contributed by atoms with E-state index in [-0.39, 0.29) is 0 Å². The summed E-state index contributed by atoms with van der Waals surface area (Å²) in [5.74, 6) is 2.47. The Kier molecular flexibility index (Phi) is 4.51. The number of hydrogen-bond donors (Lipinski definition) is 0. The monoisotopic (exact) mass is 331 g/mol. The zero-order valence-electron chi connectivity index (χ0n) is 14.1. The zero-order chi connectivity index (χ0) is 16.4. The fraction of sp³-hybridized carbons (Fsp3) is 0.706. The number of carbonyl (C=O) groups is 1. The molecular weight excluding hydrogens is 306 g/mol. The lowest BCUT2D eigenvalue weighted by atomic mass is 9.84. The molecule has 4 rings (SSSR count). The van der Waals surface area contributed by atoms with Crippen LogP contribution in [0.3, 0.4) is 0 Å². The number of nitrogens with zero attached hydrogens (tertiary/aromatic N) is 5. The fourth-order valence-corrected chi connectivity index (χ4v) is 3.52. The smallest absolute Gasteiger partial charge is 0.225 e. The van der Waals surface area contributed by atoms with Crippen molar-refractivity contribution in [2.24, 2.45) is 5.92 Å². The third-order valence-corrected chi connectivity index (χ3v) is 5.34. The summed E-state index contributed by atoms with van der Waals surface area (Å²) in [5.41, 5.74) is 0. The molecule has 0 N–H and O–H groups in total. The first-order valence-corrected chi connectivity index (χ1v) is 9.01. The highest BCUT2D eigenvalue weighted by molar-refractivity contribution is 5.79. The number of carbonyl (C=O) groups excluding carboxylic acids is 1. The van der Waals surface area contributed by atoms with Crippen LogP contribution in [0.5, 0.6) is 0 Å². The summed E-state index contributed by atoms with van der Waals surface area (Å²) in [7, 11) is 0. The van der Waals surface area contributed by atoms with Crippen LogP contribution < -0.4 is 9.80 Å². The lowest BCUT2D eigenvalue weighted by Gasteiger charge is -2.38. The highest BCUT2D eigenvalue weighted by Gasteiger charge is 2.31. The highest BCUT2D eigenvalue weighted by atomic mass is 16.5. The molecule has 3 fully saturated rings. The Bertz CT molecular complexity index is 561. The van der Waals surface area contributed by atoms with Gasteiger partial charge in [-0.2, -0.15) is 0 Å². The molecule has 0 atom stereocenters. The maximum Gasteiger partial charge on any atom is 0.225 e.